The minimum absolute atomic E-state index is 0.388. The molecule has 2 heterocycles. The summed E-state index contributed by atoms with van der Waals surface area (Å²) in [6.07, 6.45) is 5.43. The molecule has 1 aromatic rings. The van der Waals surface area contributed by atoms with Crippen LogP contribution in [-0.2, 0) is 6.54 Å². The van der Waals surface area contributed by atoms with Crippen molar-refractivity contribution in [1.29, 1.82) is 0 Å². The lowest BCUT2D eigenvalue weighted by Crippen LogP contribution is -2.31. The van der Waals surface area contributed by atoms with Crippen LogP contribution in [0.15, 0.2) is 6.20 Å². The highest BCUT2D eigenvalue weighted by molar-refractivity contribution is 6.30. The number of aromatic nitrogens is 2. The number of rotatable bonds is 2. The molecule has 1 fully saturated rings. The predicted molar refractivity (Wildman–Crippen MR) is 61.0 cm³/mol. The Morgan fingerprint density at radius 2 is 2.07 bits per heavy atom. The second-order valence-corrected chi connectivity index (χ2v) is 4.10. The van der Waals surface area contributed by atoms with Gasteiger partial charge in [0.05, 0.1) is 0 Å². The highest BCUT2D eigenvalue weighted by Crippen LogP contribution is 2.19. The third-order valence-corrected chi connectivity index (χ3v) is 2.99. The van der Waals surface area contributed by atoms with Crippen molar-refractivity contribution in [2.45, 2.75) is 25.8 Å². The van der Waals surface area contributed by atoms with Gasteiger partial charge in [0.15, 0.2) is 0 Å². The van der Waals surface area contributed by atoms with Gasteiger partial charge in [-0.3, -0.25) is 0 Å². The third-order valence-electron chi connectivity index (χ3n) is 2.66. The van der Waals surface area contributed by atoms with Crippen LogP contribution in [0.5, 0.6) is 0 Å². The number of hydrogen-bond acceptors (Lipinski definition) is 4. The minimum atomic E-state index is 0.388. The van der Waals surface area contributed by atoms with Crippen molar-refractivity contribution in [2.24, 2.45) is 5.73 Å². The van der Waals surface area contributed by atoms with Gasteiger partial charge in [-0.15, -0.1) is 0 Å². The highest BCUT2D eigenvalue weighted by Gasteiger charge is 2.14. The van der Waals surface area contributed by atoms with Gasteiger partial charge < -0.3 is 10.6 Å². The van der Waals surface area contributed by atoms with Crippen LogP contribution in [0.3, 0.4) is 0 Å². The largest absolute Gasteiger partial charge is 0.341 e. The fourth-order valence-corrected chi connectivity index (χ4v) is 1.96. The standard InChI is InChI=1S/C10H15ClN4/c11-9-8(6-12)7-13-10(14-9)15-4-2-1-3-5-15/h7H,1-6,12H2. The van der Waals surface area contributed by atoms with Crippen LogP contribution in [-0.4, -0.2) is 23.1 Å². The summed E-state index contributed by atoms with van der Waals surface area (Å²) in [7, 11) is 0. The lowest BCUT2D eigenvalue weighted by molar-refractivity contribution is 0.568. The first kappa shape index (κ1) is 10.6. The molecule has 0 aliphatic carbocycles. The summed E-state index contributed by atoms with van der Waals surface area (Å²) in [4.78, 5) is 10.7. The van der Waals surface area contributed by atoms with Gasteiger partial charge in [0, 0.05) is 31.4 Å². The zero-order valence-electron chi connectivity index (χ0n) is 8.62. The van der Waals surface area contributed by atoms with Crippen molar-refractivity contribution in [3.63, 3.8) is 0 Å². The molecule has 0 bridgehead atoms. The lowest BCUT2D eigenvalue weighted by Gasteiger charge is -2.26. The molecule has 0 radical (unpaired) electrons. The average molecular weight is 227 g/mol. The highest BCUT2D eigenvalue weighted by atomic mass is 35.5. The molecule has 1 saturated heterocycles. The van der Waals surface area contributed by atoms with Gasteiger partial charge in [-0.05, 0) is 19.3 Å². The van der Waals surface area contributed by atoms with E-state index in [0.29, 0.717) is 11.7 Å². The van der Waals surface area contributed by atoms with Crippen LogP contribution >= 0.6 is 11.6 Å². The molecule has 0 atom stereocenters. The summed E-state index contributed by atoms with van der Waals surface area (Å²) < 4.78 is 0. The number of nitrogens with two attached hydrogens (primary N) is 1. The van der Waals surface area contributed by atoms with E-state index in [1.165, 1.54) is 19.3 Å². The van der Waals surface area contributed by atoms with Crippen molar-refractivity contribution in [3.05, 3.63) is 16.9 Å². The Labute approximate surface area is 94.5 Å². The molecule has 5 heteroatoms. The van der Waals surface area contributed by atoms with Gasteiger partial charge in [-0.1, -0.05) is 11.6 Å². The molecular formula is C10H15ClN4. The second-order valence-electron chi connectivity index (χ2n) is 3.74. The van der Waals surface area contributed by atoms with Crippen LogP contribution in [0.4, 0.5) is 5.95 Å². The van der Waals surface area contributed by atoms with Crippen molar-refractivity contribution in [3.8, 4) is 0 Å². The van der Waals surface area contributed by atoms with E-state index < -0.39 is 0 Å². The van der Waals surface area contributed by atoms with Crippen LogP contribution in [0.1, 0.15) is 24.8 Å². The Balaban J connectivity index is 2.17. The Hall–Kier alpha value is -0.870. The Kier molecular flexibility index (Phi) is 3.38. The molecular weight excluding hydrogens is 212 g/mol. The maximum Gasteiger partial charge on any atom is 0.226 e. The molecule has 0 unspecified atom stereocenters. The van der Waals surface area contributed by atoms with Crippen LogP contribution < -0.4 is 10.6 Å². The third kappa shape index (κ3) is 2.38. The molecule has 82 valence electrons. The number of nitrogens with zero attached hydrogens (tertiary/aromatic N) is 3. The van der Waals surface area contributed by atoms with Gasteiger partial charge in [-0.25, -0.2) is 9.97 Å². The van der Waals surface area contributed by atoms with E-state index in [1.807, 2.05) is 0 Å². The van der Waals surface area contributed by atoms with Crippen LogP contribution in [0.25, 0.3) is 0 Å². The van der Waals surface area contributed by atoms with E-state index in [9.17, 15) is 0 Å². The van der Waals surface area contributed by atoms with E-state index in [4.69, 9.17) is 17.3 Å². The molecule has 0 saturated carbocycles. The summed E-state index contributed by atoms with van der Waals surface area (Å²) in [5.74, 6) is 0.733. The molecule has 4 nitrogen and oxygen atoms in total. The maximum absolute atomic E-state index is 5.99. The number of anilines is 1. The van der Waals surface area contributed by atoms with E-state index in [2.05, 4.69) is 14.9 Å². The Morgan fingerprint density at radius 3 is 2.67 bits per heavy atom. The minimum Gasteiger partial charge on any atom is -0.341 e. The zero-order valence-corrected chi connectivity index (χ0v) is 9.37. The summed E-state index contributed by atoms with van der Waals surface area (Å²) >= 11 is 5.99. The van der Waals surface area contributed by atoms with E-state index >= 15 is 0 Å². The molecule has 0 aromatic carbocycles. The molecule has 2 N–H and O–H groups in total. The van der Waals surface area contributed by atoms with E-state index in [0.717, 1.165) is 24.6 Å². The summed E-state index contributed by atoms with van der Waals surface area (Å²) in [5.41, 5.74) is 6.30. The summed E-state index contributed by atoms with van der Waals surface area (Å²) in [6.45, 7) is 2.44. The van der Waals surface area contributed by atoms with Crippen LogP contribution in [0, 0.1) is 0 Å². The van der Waals surface area contributed by atoms with Gasteiger partial charge in [0.1, 0.15) is 5.15 Å². The Morgan fingerprint density at radius 1 is 1.33 bits per heavy atom. The van der Waals surface area contributed by atoms with E-state index in [-0.39, 0.29) is 0 Å². The fraction of sp³-hybridized carbons (Fsp3) is 0.600. The lowest BCUT2D eigenvalue weighted by atomic mass is 10.1. The monoisotopic (exact) mass is 226 g/mol. The smallest absolute Gasteiger partial charge is 0.226 e. The molecule has 1 aromatic heterocycles. The first-order chi connectivity index (χ1) is 7.31. The Bertz CT molecular complexity index is 336. The zero-order chi connectivity index (χ0) is 10.7. The second kappa shape index (κ2) is 4.77. The predicted octanol–water partition coefficient (Wildman–Crippen LogP) is 1.58. The van der Waals surface area contributed by atoms with Crippen molar-refractivity contribution in [2.75, 3.05) is 18.0 Å². The van der Waals surface area contributed by atoms with Crippen molar-refractivity contribution >= 4 is 17.5 Å². The summed E-state index contributed by atoms with van der Waals surface area (Å²) in [6, 6.07) is 0. The van der Waals surface area contributed by atoms with Crippen LogP contribution in [0.2, 0.25) is 5.15 Å². The van der Waals surface area contributed by atoms with E-state index in [1.54, 1.807) is 6.20 Å². The van der Waals surface area contributed by atoms with Gasteiger partial charge in [0.25, 0.3) is 0 Å². The molecule has 1 aliphatic rings. The quantitative estimate of drug-likeness (QED) is 0.778. The number of piperidine rings is 1. The average Bonchev–Trinajstić information content (AvgIpc) is 2.30. The molecule has 0 amide bonds. The summed E-state index contributed by atoms with van der Waals surface area (Å²) in [5, 5.41) is 0.480. The molecule has 1 aliphatic heterocycles. The van der Waals surface area contributed by atoms with Crippen molar-refractivity contribution in [1.82, 2.24) is 9.97 Å². The number of hydrogen-bond donors (Lipinski definition) is 1. The number of halogens is 1. The van der Waals surface area contributed by atoms with Crippen molar-refractivity contribution < 1.29 is 0 Å². The van der Waals surface area contributed by atoms with Gasteiger partial charge >= 0.3 is 0 Å². The van der Waals surface area contributed by atoms with Gasteiger partial charge in [0.2, 0.25) is 5.95 Å². The maximum atomic E-state index is 5.99. The first-order valence-corrected chi connectivity index (χ1v) is 5.65. The molecule has 0 spiro atoms. The topological polar surface area (TPSA) is 55.0 Å². The molecule has 15 heavy (non-hydrogen) atoms. The first-order valence-electron chi connectivity index (χ1n) is 5.27. The SMILES string of the molecule is NCc1cnc(N2CCCCC2)nc1Cl. The fourth-order valence-electron chi connectivity index (χ4n) is 1.76. The van der Waals surface area contributed by atoms with Gasteiger partial charge in [-0.2, -0.15) is 0 Å². The molecule has 2 rings (SSSR count). The normalized spacial score (nSPS) is 16.8.